The molecule has 0 aromatic heterocycles. The van der Waals surface area contributed by atoms with Gasteiger partial charge in [0.05, 0.1) is 0 Å². The summed E-state index contributed by atoms with van der Waals surface area (Å²) >= 11 is 0. The van der Waals surface area contributed by atoms with Gasteiger partial charge in [0.15, 0.2) is 18.1 Å². The molecule has 7 nitrogen and oxygen atoms in total. The molecule has 0 saturated carbocycles. The van der Waals surface area contributed by atoms with E-state index in [0.717, 1.165) is 0 Å². The molecule has 0 aliphatic carbocycles. The van der Waals surface area contributed by atoms with Crippen LogP contribution in [-0.4, -0.2) is 37.4 Å². The zero-order valence-corrected chi connectivity index (χ0v) is 14.7. The molecule has 2 aromatic rings. The van der Waals surface area contributed by atoms with Crippen molar-refractivity contribution in [3.8, 4) is 17.2 Å². The lowest BCUT2D eigenvalue weighted by Gasteiger charge is -2.19. The molecular formula is C19H19NO6. The Balaban J connectivity index is 1.84. The minimum Gasteiger partial charge on any atom is -0.481 e. The molecule has 0 radical (unpaired) electrons. The first-order valence-electron chi connectivity index (χ1n) is 8.00. The summed E-state index contributed by atoms with van der Waals surface area (Å²) in [5, 5.41) is 8.76. The van der Waals surface area contributed by atoms with Crippen LogP contribution in [0.4, 0.5) is 5.69 Å². The number of carboxylic acid groups (broad SMARTS) is 1. The standard InChI is InChI=1S/C19H19NO6/c1-11-6-13(7-12(2)18(11)24-9-17(21)22)19(23)20(3)14-4-5-15-16(8-14)26-10-25-15/h4-8H,9-10H2,1-3H3,(H,21,22). The molecule has 7 heteroatoms. The number of ether oxygens (including phenoxy) is 3. The Labute approximate surface area is 150 Å². The van der Waals surface area contributed by atoms with E-state index < -0.39 is 12.6 Å². The van der Waals surface area contributed by atoms with Crippen molar-refractivity contribution in [2.75, 3.05) is 25.3 Å². The summed E-state index contributed by atoms with van der Waals surface area (Å²) in [5.41, 5.74) is 2.57. The van der Waals surface area contributed by atoms with Crippen LogP contribution >= 0.6 is 0 Å². The number of fused-ring (bicyclic) bond motifs is 1. The molecular weight excluding hydrogens is 338 g/mol. The average Bonchev–Trinajstić information content (AvgIpc) is 3.07. The molecule has 0 saturated heterocycles. The lowest BCUT2D eigenvalue weighted by molar-refractivity contribution is -0.139. The highest BCUT2D eigenvalue weighted by molar-refractivity contribution is 6.06. The van der Waals surface area contributed by atoms with Crippen LogP contribution < -0.4 is 19.1 Å². The maximum atomic E-state index is 12.8. The van der Waals surface area contributed by atoms with Crippen molar-refractivity contribution in [1.82, 2.24) is 0 Å². The zero-order valence-electron chi connectivity index (χ0n) is 14.7. The van der Waals surface area contributed by atoms with Crippen LogP contribution in [0.2, 0.25) is 0 Å². The number of carbonyl (C=O) groups excluding carboxylic acids is 1. The van der Waals surface area contributed by atoms with Gasteiger partial charge in [-0.1, -0.05) is 0 Å². The third-order valence-electron chi connectivity index (χ3n) is 4.10. The van der Waals surface area contributed by atoms with E-state index in [-0.39, 0.29) is 12.7 Å². The molecule has 1 aliphatic rings. The van der Waals surface area contributed by atoms with E-state index in [4.69, 9.17) is 19.3 Å². The van der Waals surface area contributed by atoms with Crippen molar-refractivity contribution >= 4 is 17.6 Å². The van der Waals surface area contributed by atoms with Crippen molar-refractivity contribution < 1.29 is 28.9 Å². The molecule has 3 rings (SSSR count). The number of hydrogen-bond donors (Lipinski definition) is 1. The van der Waals surface area contributed by atoms with Gasteiger partial charge in [-0.05, 0) is 49.2 Å². The van der Waals surface area contributed by atoms with Crippen molar-refractivity contribution in [2.24, 2.45) is 0 Å². The topological polar surface area (TPSA) is 85.3 Å². The van der Waals surface area contributed by atoms with Crippen molar-refractivity contribution in [3.05, 3.63) is 47.0 Å². The second-order valence-corrected chi connectivity index (χ2v) is 6.02. The first kappa shape index (κ1) is 17.6. The van der Waals surface area contributed by atoms with E-state index in [0.29, 0.717) is 39.6 Å². The van der Waals surface area contributed by atoms with Gasteiger partial charge >= 0.3 is 5.97 Å². The minimum atomic E-state index is -1.05. The highest BCUT2D eigenvalue weighted by atomic mass is 16.7. The van der Waals surface area contributed by atoms with Gasteiger partial charge < -0.3 is 24.2 Å². The van der Waals surface area contributed by atoms with Gasteiger partial charge in [-0.25, -0.2) is 4.79 Å². The first-order chi connectivity index (χ1) is 12.4. The molecule has 1 aliphatic heterocycles. The van der Waals surface area contributed by atoms with Gasteiger partial charge in [0.25, 0.3) is 5.91 Å². The van der Waals surface area contributed by atoms with Gasteiger partial charge in [-0.3, -0.25) is 4.79 Å². The number of amides is 1. The summed E-state index contributed by atoms with van der Waals surface area (Å²) in [7, 11) is 1.68. The van der Waals surface area contributed by atoms with E-state index in [9.17, 15) is 9.59 Å². The van der Waals surface area contributed by atoms with Crippen LogP contribution in [-0.2, 0) is 4.79 Å². The zero-order chi connectivity index (χ0) is 18.8. The normalized spacial score (nSPS) is 12.0. The molecule has 1 amide bonds. The third-order valence-corrected chi connectivity index (χ3v) is 4.10. The first-order valence-corrected chi connectivity index (χ1v) is 8.00. The summed E-state index contributed by atoms with van der Waals surface area (Å²) < 4.78 is 15.9. The molecule has 0 fully saturated rings. The van der Waals surface area contributed by atoms with E-state index in [2.05, 4.69) is 0 Å². The van der Waals surface area contributed by atoms with Crippen LogP contribution in [0.1, 0.15) is 21.5 Å². The summed E-state index contributed by atoms with van der Waals surface area (Å²) in [6, 6.07) is 8.69. The minimum absolute atomic E-state index is 0.173. The molecule has 1 heterocycles. The van der Waals surface area contributed by atoms with E-state index >= 15 is 0 Å². The number of nitrogens with zero attached hydrogens (tertiary/aromatic N) is 1. The lowest BCUT2D eigenvalue weighted by atomic mass is 10.0. The van der Waals surface area contributed by atoms with Crippen molar-refractivity contribution in [3.63, 3.8) is 0 Å². The number of rotatable bonds is 5. The molecule has 2 aromatic carbocycles. The summed E-state index contributed by atoms with van der Waals surface area (Å²) in [5.74, 6) is 0.495. The summed E-state index contributed by atoms with van der Waals surface area (Å²) in [4.78, 5) is 25.1. The van der Waals surface area contributed by atoms with Gasteiger partial charge in [0.1, 0.15) is 5.75 Å². The smallest absolute Gasteiger partial charge is 0.341 e. The monoisotopic (exact) mass is 357 g/mol. The van der Waals surface area contributed by atoms with Crippen molar-refractivity contribution in [1.29, 1.82) is 0 Å². The Hall–Kier alpha value is -3.22. The van der Waals surface area contributed by atoms with Gasteiger partial charge in [0, 0.05) is 24.4 Å². The highest BCUT2D eigenvalue weighted by Crippen LogP contribution is 2.35. The fourth-order valence-electron chi connectivity index (χ4n) is 2.84. The van der Waals surface area contributed by atoms with E-state index in [1.165, 1.54) is 4.90 Å². The Morgan fingerprint density at radius 1 is 1.12 bits per heavy atom. The molecule has 136 valence electrons. The van der Waals surface area contributed by atoms with Gasteiger partial charge in [0.2, 0.25) is 6.79 Å². The molecule has 0 spiro atoms. The van der Waals surface area contributed by atoms with Crippen LogP contribution in [0, 0.1) is 13.8 Å². The van der Waals surface area contributed by atoms with Crippen LogP contribution in [0.3, 0.4) is 0 Å². The number of aliphatic carboxylic acids is 1. The maximum Gasteiger partial charge on any atom is 0.341 e. The number of carboxylic acids is 1. The van der Waals surface area contributed by atoms with E-state index in [1.54, 1.807) is 51.2 Å². The van der Waals surface area contributed by atoms with Gasteiger partial charge in [-0.15, -0.1) is 0 Å². The fourth-order valence-corrected chi connectivity index (χ4v) is 2.84. The number of anilines is 1. The van der Waals surface area contributed by atoms with Crippen molar-refractivity contribution in [2.45, 2.75) is 13.8 Å². The Bertz CT molecular complexity index is 853. The third kappa shape index (κ3) is 3.42. The molecule has 0 unspecified atom stereocenters. The summed E-state index contributed by atoms with van der Waals surface area (Å²) in [6.07, 6.45) is 0. The predicted octanol–water partition coefficient (Wildman–Crippen LogP) is 2.77. The number of carbonyl (C=O) groups is 2. The largest absolute Gasteiger partial charge is 0.481 e. The Morgan fingerprint density at radius 2 is 1.77 bits per heavy atom. The maximum absolute atomic E-state index is 12.8. The number of aryl methyl sites for hydroxylation is 2. The van der Waals surface area contributed by atoms with Crippen LogP contribution in [0.25, 0.3) is 0 Å². The summed E-state index contributed by atoms with van der Waals surface area (Å²) in [6.45, 7) is 3.31. The fraction of sp³-hybridized carbons (Fsp3) is 0.263. The SMILES string of the molecule is Cc1cc(C(=O)N(C)c2ccc3c(c2)OCO3)cc(C)c1OCC(=O)O. The quantitative estimate of drug-likeness (QED) is 0.886. The average molecular weight is 357 g/mol. The van der Waals surface area contributed by atoms with Crippen LogP contribution in [0.15, 0.2) is 30.3 Å². The van der Waals surface area contributed by atoms with Crippen LogP contribution in [0.5, 0.6) is 17.2 Å². The lowest BCUT2D eigenvalue weighted by Crippen LogP contribution is -2.26. The van der Waals surface area contributed by atoms with Gasteiger partial charge in [-0.2, -0.15) is 0 Å². The molecule has 0 bridgehead atoms. The van der Waals surface area contributed by atoms with E-state index in [1.807, 2.05) is 0 Å². The predicted molar refractivity (Wildman–Crippen MR) is 94.3 cm³/mol. The molecule has 0 atom stereocenters. The number of hydrogen-bond acceptors (Lipinski definition) is 5. The second kappa shape index (κ2) is 6.95. The molecule has 26 heavy (non-hydrogen) atoms. The molecule has 1 N–H and O–H groups in total. The Kier molecular flexibility index (Phi) is 4.71. The number of benzene rings is 2. The second-order valence-electron chi connectivity index (χ2n) is 6.02. The Morgan fingerprint density at radius 3 is 2.42 bits per heavy atom. The highest BCUT2D eigenvalue weighted by Gasteiger charge is 2.20.